The van der Waals surface area contributed by atoms with E-state index in [0.717, 1.165) is 11.1 Å². The van der Waals surface area contributed by atoms with Crippen molar-refractivity contribution in [3.63, 3.8) is 0 Å². The summed E-state index contributed by atoms with van der Waals surface area (Å²) in [6.45, 7) is 0. The van der Waals surface area contributed by atoms with Gasteiger partial charge in [0.05, 0.1) is 0 Å². The van der Waals surface area contributed by atoms with E-state index >= 15 is 0 Å². The van der Waals surface area contributed by atoms with Gasteiger partial charge in [0, 0.05) is 16.1 Å². The number of halogens is 5. The number of carbonyl (C=O) groups excluding carboxylic acids is 1. The summed E-state index contributed by atoms with van der Waals surface area (Å²) < 4.78 is 40.4. The third-order valence-corrected chi connectivity index (χ3v) is 4.44. The number of hydrogen-bond acceptors (Lipinski definition) is 2. The number of benzene rings is 3. The highest BCUT2D eigenvalue weighted by molar-refractivity contribution is 6.50. The van der Waals surface area contributed by atoms with Gasteiger partial charge in [0.25, 0.3) is 5.66 Å². The molecule has 0 aromatic heterocycles. The molecule has 0 saturated heterocycles. The number of amides is 2. The molecule has 0 spiro atoms. The van der Waals surface area contributed by atoms with Gasteiger partial charge in [-0.25, -0.2) is 0 Å². The Balaban J connectivity index is 0.000000461. The fourth-order valence-corrected chi connectivity index (χ4v) is 3.10. The van der Waals surface area contributed by atoms with E-state index in [1.54, 1.807) is 24.3 Å². The first-order valence-corrected chi connectivity index (χ1v) is 9.16. The molecule has 30 heavy (non-hydrogen) atoms. The van der Waals surface area contributed by atoms with Crippen LogP contribution < -0.4 is 5.32 Å². The molecule has 0 aliphatic carbocycles. The third-order valence-electron chi connectivity index (χ3n) is 4.18. The van der Waals surface area contributed by atoms with E-state index in [-0.39, 0.29) is 6.03 Å². The van der Waals surface area contributed by atoms with Gasteiger partial charge >= 0.3 is 13.3 Å². The van der Waals surface area contributed by atoms with Gasteiger partial charge in [0.15, 0.2) is 5.69 Å². The van der Waals surface area contributed by atoms with Crippen molar-refractivity contribution >= 4 is 30.6 Å². The molecule has 2 amide bonds. The first-order valence-electron chi connectivity index (χ1n) is 8.78. The molecule has 0 saturated carbocycles. The summed E-state index contributed by atoms with van der Waals surface area (Å²) in [6, 6.07) is 26.2. The van der Waals surface area contributed by atoms with Gasteiger partial charge in [-0.05, 0) is 29.4 Å². The second-order valence-electron chi connectivity index (χ2n) is 6.26. The average Bonchev–Trinajstić information content (AvgIpc) is 3.07. The molecular formula is C20H15BClF4N3O. The summed E-state index contributed by atoms with van der Waals surface area (Å²) in [5.74, 6) is 0. The molecule has 1 heterocycles. The van der Waals surface area contributed by atoms with Crippen molar-refractivity contribution in [1.29, 1.82) is 0 Å². The SMILES string of the molecule is F[B-](F)(F)F.O=C1NC(c2ccccc2)(c2ccccc2)N=[N+]1c1ccc(Cl)cc1. The lowest BCUT2D eigenvalue weighted by Crippen LogP contribution is -2.40. The van der Waals surface area contributed by atoms with Gasteiger partial charge in [0.1, 0.15) is 0 Å². The minimum absolute atomic E-state index is 0.282. The summed E-state index contributed by atoms with van der Waals surface area (Å²) in [4.78, 5) is 12.7. The first-order chi connectivity index (χ1) is 14.2. The summed E-state index contributed by atoms with van der Waals surface area (Å²) >= 11 is 5.95. The zero-order valence-corrected chi connectivity index (χ0v) is 16.1. The minimum atomic E-state index is -6.00. The average molecular weight is 436 g/mol. The minimum Gasteiger partial charge on any atom is -0.418 e. The van der Waals surface area contributed by atoms with E-state index in [2.05, 4.69) is 5.32 Å². The van der Waals surface area contributed by atoms with Crippen LogP contribution in [0.5, 0.6) is 0 Å². The van der Waals surface area contributed by atoms with Crippen molar-refractivity contribution in [1.82, 2.24) is 5.32 Å². The number of nitrogens with zero attached hydrogens (tertiary/aromatic N) is 2. The largest absolute Gasteiger partial charge is 0.673 e. The van der Waals surface area contributed by atoms with E-state index in [1.807, 2.05) is 60.7 Å². The Hall–Kier alpha value is -3.20. The van der Waals surface area contributed by atoms with Crippen LogP contribution in [0.2, 0.25) is 5.02 Å². The molecule has 1 aliphatic rings. The highest BCUT2D eigenvalue weighted by Gasteiger charge is 2.50. The molecule has 3 aromatic rings. The molecule has 0 unspecified atom stereocenters. The lowest BCUT2D eigenvalue weighted by Gasteiger charge is -2.20. The number of nitrogens with one attached hydrogen (secondary N) is 1. The van der Waals surface area contributed by atoms with E-state index in [4.69, 9.17) is 16.7 Å². The number of hydrogen-bond donors (Lipinski definition) is 1. The number of azo groups is 2. The van der Waals surface area contributed by atoms with Crippen molar-refractivity contribution in [2.75, 3.05) is 0 Å². The quantitative estimate of drug-likeness (QED) is 0.290. The van der Waals surface area contributed by atoms with Crippen LogP contribution in [0.4, 0.5) is 27.7 Å². The summed E-state index contributed by atoms with van der Waals surface area (Å²) in [7, 11) is -6.00. The van der Waals surface area contributed by atoms with Gasteiger partial charge in [0.2, 0.25) is 0 Å². The second kappa shape index (κ2) is 8.67. The van der Waals surface area contributed by atoms with Crippen molar-refractivity contribution in [2.24, 2.45) is 5.11 Å². The van der Waals surface area contributed by atoms with Gasteiger partial charge in [-0.15, -0.1) is 0 Å². The molecule has 1 aliphatic heterocycles. The molecule has 3 aromatic carbocycles. The number of urea groups is 1. The molecule has 4 rings (SSSR count). The third kappa shape index (κ3) is 5.04. The normalized spacial score (nSPS) is 15.0. The van der Waals surface area contributed by atoms with Gasteiger partial charge in [-0.2, -0.15) is 10.1 Å². The second-order valence-corrected chi connectivity index (χ2v) is 6.69. The van der Waals surface area contributed by atoms with E-state index < -0.39 is 12.9 Å². The van der Waals surface area contributed by atoms with Crippen LogP contribution in [0.1, 0.15) is 11.1 Å². The summed E-state index contributed by atoms with van der Waals surface area (Å²) in [6.07, 6.45) is 0. The van der Waals surface area contributed by atoms with Crippen molar-refractivity contribution in [2.45, 2.75) is 5.66 Å². The summed E-state index contributed by atoms with van der Waals surface area (Å²) in [5.41, 5.74) is 1.49. The lowest BCUT2D eigenvalue weighted by molar-refractivity contribution is -0.403. The summed E-state index contributed by atoms with van der Waals surface area (Å²) in [5, 5.41) is 8.43. The molecular weight excluding hydrogens is 420 g/mol. The molecule has 0 bridgehead atoms. The van der Waals surface area contributed by atoms with Crippen molar-refractivity contribution in [3.05, 3.63) is 101 Å². The zero-order chi connectivity index (χ0) is 21.8. The van der Waals surface area contributed by atoms with Crippen LogP contribution in [-0.2, 0) is 5.66 Å². The van der Waals surface area contributed by atoms with Crippen LogP contribution in [0.15, 0.2) is 90.0 Å². The number of rotatable bonds is 3. The van der Waals surface area contributed by atoms with Crippen LogP contribution in [0, 0.1) is 0 Å². The van der Waals surface area contributed by atoms with Crippen LogP contribution in [0.3, 0.4) is 0 Å². The lowest BCUT2D eigenvalue weighted by atomic mass is 9.92. The zero-order valence-electron chi connectivity index (χ0n) is 15.4. The highest BCUT2D eigenvalue weighted by Crippen LogP contribution is 2.36. The van der Waals surface area contributed by atoms with E-state index in [9.17, 15) is 22.1 Å². The van der Waals surface area contributed by atoms with Crippen LogP contribution >= 0.6 is 11.6 Å². The standard InChI is InChI=1S/C20H14ClN3O.BF4/c21-17-11-13-18(14-12-17)24-19(25)22-20(23-24,15-7-3-1-4-8-15)16-9-5-2-6-10-16;2-1(3,4)5/h1-14H;/q;-1/p+1. The Morgan fingerprint density at radius 3 is 1.67 bits per heavy atom. The van der Waals surface area contributed by atoms with Gasteiger partial charge in [-0.1, -0.05) is 77.0 Å². The Morgan fingerprint density at radius 1 is 0.800 bits per heavy atom. The first kappa shape index (κ1) is 21.5. The van der Waals surface area contributed by atoms with Crippen molar-refractivity contribution in [3.8, 4) is 0 Å². The van der Waals surface area contributed by atoms with Gasteiger partial charge < -0.3 is 17.3 Å². The Morgan fingerprint density at radius 2 is 1.23 bits per heavy atom. The van der Waals surface area contributed by atoms with Crippen LogP contribution in [-0.4, -0.2) is 18.0 Å². The fourth-order valence-electron chi connectivity index (χ4n) is 2.97. The Bertz CT molecular complexity index is 1000. The monoisotopic (exact) mass is 435 g/mol. The molecule has 1 N–H and O–H groups in total. The fraction of sp³-hybridized carbons (Fsp3) is 0.0500. The molecule has 0 fully saturated rings. The Labute approximate surface area is 174 Å². The maximum Gasteiger partial charge on any atom is 0.673 e. The molecule has 10 heteroatoms. The molecule has 0 radical (unpaired) electrons. The van der Waals surface area contributed by atoms with Crippen LogP contribution in [0.25, 0.3) is 0 Å². The van der Waals surface area contributed by atoms with Crippen molar-refractivity contribution < 1.29 is 26.8 Å². The molecule has 0 atom stereocenters. The van der Waals surface area contributed by atoms with Gasteiger partial charge in [-0.3, -0.25) is 0 Å². The Kier molecular flexibility index (Phi) is 6.21. The topological polar surface area (TPSA) is 44.5 Å². The maximum absolute atomic E-state index is 12.7. The maximum atomic E-state index is 12.7. The predicted molar refractivity (Wildman–Crippen MR) is 106 cm³/mol. The smallest absolute Gasteiger partial charge is 0.418 e. The van der Waals surface area contributed by atoms with E-state index in [0.29, 0.717) is 10.7 Å². The number of carbonyl (C=O) groups is 1. The molecule has 154 valence electrons. The highest BCUT2D eigenvalue weighted by atomic mass is 35.5. The van der Waals surface area contributed by atoms with E-state index in [1.165, 1.54) is 4.70 Å². The predicted octanol–water partition coefficient (Wildman–Crippen LogP) is 6.36. The molecule has 4 nitrogen and oxygen atoms in total.